The molecular formula is C19H20FN5O3. The first kappa shape index (κ1) is 18.3. The Kier molecular flexibility index (Phi) is 4.68. The summed E-state index contributed by atoms with van der Waals surface area (Å²) in [6, 6.07) is 4.39. The molecule has 1 aromatic carbocycles. The smallest absolute Gasteiger partial charge is 0.258 e. The van der Waals surface area contributed by atoms with Crippen molar-refractivity contribution in [1.29, 1.82) is 0 Å². The van der Waals surface area contributed by atoms with Gasteiger partial charge in [-0.3, -0.25) is 14.3 Å². The molecule has 3 aromatic rings. The van der Waals surface area contributed by atoms with E-state index in [4.69, 9.17) is 4.74 Å². The Balaban J connectivity index is 1.62. The molecular weight excluding hydrogens is 365 g/mol. The maximum absolute atomic E-state index is 14.4. The van der Waals surface area contributed by atoms with Gasteiger partial charge in [0.2, 0.25) is 5.91 Å². The second-order valence-electron chi connectivity index (χ2n) is 7.05. The number of aromatic amines is 1. The molecule has 2 aromatic heterocycles. The Morgan fingerprint density at radius 3 is 3.04 bits per heavy atom. The van der Waals surface area contributed by atoms with Crippen molar-refractivity contribution >= 4 is 22.5 Å². The van der Waals surface area contributed by atoms with Crippen molar-refractivity contribution in [1.82, 2.24) is 19.7 Å². The first-order valence-electron chi connectivity index (χ1n) is 9.08. The fourth-order valence-electron chi connectivity index (χ4n) is 3.54. The van der Waals surface area contributed by atoms with E-state index in [1.807, 2.05) is 24.6 Å². The topological polar surface area (TPSA) is 102 Å². The highest BCUT2D eigenvalue weighted by molar-refractivity contribution is 5.95. The molecule has 1 amide bonds. The van der Waals surface area contributed by atoms with Gasteiger partial charge in [0, 0.05) is 24.9 Å². The number of benzene rings is 1. The average molecular weight is 385 g/mol. The van der Waals surface area contributed by atoms with Crippen molar-refractivity contribution in [2.24, 2.45) is 5.92 Å². The van der Waals surface area contributed by atoms with Crippen LogP contribution in [0.15, 0.2) is 35.5 Å². The van der Waals surface area contributed by atoms with Crippen molar-refractivity contribution in [3.8, 4) is 0 Å². The molecule has 9 heteroatoms. The zero-order chi connectivity index (χ0) is 19.8. The lowest BCUT2D eigenvalue weighted by molar-refractivity contribution is -0.121. The average Bonchev–Trinajstić information content (AvgIpc) is 3.31. The van der Waals surface area contributed by atoms with E-state index < -0.39 is 23.4 Å². The molecule has 0 radical (unpaired) electrons. The van der Waals surface area contributed by atoms with E-state index in [2.05, 4.69) is 20.4 Å². The van der Waals surface area contributed by atoms with Crippen LogP contribution >= 0.6 is 0 Å². The van der Waals surface area contributed by atoms with Gasteiger partial charge in [-0.25, -0.2) is 9.37 Å². The molecule has 0 unspecified atom stereocenters. The van der Waals surface area contributed by atoms with Gasteiger partial charge in [0.1, 0.15) is 11.9 Å². The summed E-state index contributed by atoms with van der Waals surface area (Å²) in [5.74, 6) is -1.50. The monoisotopic (exact) mass is 385 g/mol. The third-order valence-electron chi connectivity index (χ3n) is 4.90. The number of hydrogen-bond acceptors (Lipinski definition) is 5. The molecule has 1 saturated heterocycles. The Hall–Kier alpha value is -3.07. The summed E-state index contributed by atoms with van der Waals surface area (Å²) in [7, 11) is 0. The molecule has 2 N–H and O–H groups in total. The number of amides is 1. The van der Waals surface area contributed by atoms with Crippen molar-refractivity contribution in [3.63, 3.8) is 0 Å². The van der Waals surface area contributed by atoms with Crippen LogP contribution in [0.1, 0.15) is 38.1 Å². The van der Waals surface area contributed by atoms with Crippen molar-refractivity contribution < 1.29 is 13.9 Å². The number of H-pyrrole nitrogens is 1. The van der Waals surface area contributed by atoms with Gasteiger partial charge in [-0.15, -0.1) is 0 Å². The van der Waals surface area contributed by atoms with Gasteiger partial charge < -0.3 is 15.0 Å². The summed E-state index contributed by atoms with van der Waals surface area (Å²) in [5, 5.41) is 7.11. The highest BCUT2D eigenvalue weighted by Gasteiger charge is 2.37. The molecule has 0 spiro atoms. The number of aromatic nitrogens is 4. The van der Waals surface area contributed by atoms with E-state index >= 15 is 0 Å². The number of ether oxygens (including phenoxy) is 1. The summed E-state index contributed by atoms with van der Waals surface area (Å²) < 4.78 is 22.0. The zero-order valence-electron chi connectivity index (χ0n) is 15.5. The Morgan fingerprint density at radius 2 is 2.25 bits per heavy atom. The van der Waals surface area contributed by atoms with Crippen molar-refractivity contribution in [2.75, 3.05) is 11.9 Å². The zero-order valence-corrected chi connectivity index (χ0v) is 15.5. The van der Waals surface area contributed by atoms with E-state index in [0.29, 0.717) is 13.0 Å². The minimum atomic E-state index is -0.651. The maximum atomic E-state index is 14.4. The van der Waals surface area contributed by atoms with Crippen LogP contribution in [0, 0.1) is 11.7 Å². The van der Waals surface area contributed by atoms with E-state index in [1.54, 1.807) is 6.20 Å². The summed E-state index contributed by atoms with van der Waals surface area (Å²) in [6.07, 6.45) is 2.94. The molecule has 0 aliphatic carbocycles. The van der Waals surface area contributed by atoms with E-state index in [0.717, 1.165) is 11.8 Å². The first-order valence-corrected chi connectivity index (χ1v) is 9.08. The SMILES string of the molecule is CC(C)n1nccc1[C@H]1OCC[C@@H]1C(=O)Nc1cc2c(=O)[nH]cnc2cc1F. The Labute approximate surface area is 159 Å². The summed E-state index contributed by atoms with van der Waals surface area (Å²) in [5.41, 5.74) is 0.580. The third kappa shape index (κ3) is 3.18. The quantitative estimate of drug-likeness (QED) is 0.719. The van der Waals surface area contributed by atoms with Crippen molar-refractivity contribution in [3.05, 3.63) is 52.6 Å². The lowest BCUT2D eigenvalue weighted by Gasteiger charge is -2.21. The maximum Gasteiger partial charge on any atom is 0.258 e. The van der Waals surface area contributed by atoms with Crippen LogP contribution < -0.4 is 10.9 Å². The van der Waals surface area contributed by atoms with Gasteiger partial charge in [0.15, 0.2) is 0 Å². The summed E-state index contributed by atoms with van der Waals surface area (Å²) in [6.45, 7) is 4.42. The molecule has 3 heterocycles. The molecule has 0 bridgehead atoms. The van der Waals surface area contributed by atoms with Gasteiger partial charge >= 0.3 is 0 Å². The number of nitrogens with zero attached hydrogens (tertiary/aromatic N) is 3. The van der Waals surface area contributed by atoms with Gasteiger partial charge in [0.05, 0.1) is 34.5 Å². The van der Waals surface area contributed by atoms with Crippen LogP contribution in [-0.4, -0.2) is 32.3 Å². The highest BCUT2D eigenvalue weighted by atomic mass is 19.1. The number of fused-ring (bicyclic) bond motifs is 1. The second kappa shape index (κ2) is 7.16. The normalized spacial score (nSPS) is 19.4. The molecule has 1 fully saturated rings. The fourth-order valence-corrected chi connectivity index (χ4v) is 3.54. The number of carbonyl (C=O) groups excluding carboxylic acids is 1. The predicted octanol–water partition coefficient (Wildman–Crippen LogP) is 2.56. The van der Waals surface area contributed by atoms with Crippen LogP contribution in [0.3, 0.4) is 0 Å². The van der Waals surface area contributed by atoms with Crippen molar-refractivity contribution in [2.45, 2.75) is 32.4 Å². The van der Waals surface area contributed by atoms with E-state index in [-0.39, 0.29) is 28.5 Å². The molecule has 146 valence electrons. The molecule has 28 heavy (non-hydrogen) atoms. The van der Waals surface area contributed by atoms with Gasteiger partial charge in [-0.1, -0.05) is 0 Å². The molecule has 4 rings (SSSR count). The Bertz CT molecular complexity index is 1090. The van der Waals surface area contributed by atoms with Gasteiger partial charge in [-0.2, -0.15) is 5.10 Å². The molecule has 1 aliphatic rings. The Morgan fingerprint density at radius 1 is 1.43 bits per heavy atom. The second-order valence-corrected chi connectivity index (χ2v) is 7.05. The van der Waals surface area contributed by atoms with E-state index in [9.17, 15) is 14.0 Å². The number of hydrogen-bond donors (Lipinski definition) is 2. The number of anilines is 1. The van der Waals surface area contributed by atoms with Gasteiger partial charge in [0.25, 0.3) is 5.56 Å². The standard InChI is InChI=1S/C19H20FN5O3/c1-10(2)25-16(3-5-23-25)17-11(4-6-28-17)19(27)24-15-7-12-14(8-13(15)20)21-9-22-18(12)26/h3,5,7-11,17H,4,6H2,1-2H3,(H,24,27)(H,21,22,26)/t11-,17-/m0/s1. The van der Waals surface area contributed by atoms with Gasteiger partial charge in [-0.05, 0) is 32.4 Å². The first-order chi connectivity index (χ1) is 13.5. The van der Waals surface area contributed by atoms with Crippen LogP contribution in [0.5, 0.6) is 0 Å². The van der Waals surface area contributed by atoms with Crippen LogP contribution in [0.25, 0.3) is 10.9 Å². The number of nitrogens with one attached hydrogen (secondary N) is 2. The molecule has 0 saturated carbocycles. The van der Waals surface area contributed by atoms with E-state index in [1.165, 1.54) is 12.4 Å². The largest absolute Gasteiger partial charge is 0.371 e. The molecule has 1 aliphatic heterocycles. The summed E-state index contributed by atoms with van der Waals surface area (Å²) >= 11 is 0. The minimum absolute atomic E-state index is 0.0565. The third-order valence-corrected chi connectivity index (χ3v) is 4.90. The molecule has 8 nitrogen and oxygen atoms in total. The fraction of sp³-hybridized carbons (Fsp3) is 0.368. The lowest BCUT2D eigenvalue weighted by Crippen LogP contribution is -2.27. The lowest BCUT2D eigenvalue weighted by atomic mass is 9.97. The molecule has 2 atom stereocenters. The highest BCUT2D eigenvalue weighted by Crippen LogP contribution is 2.36. The summed E-state index contributed by atoms with van der Waals surface area (Å²) in [4.78, 5) is 31.2. The number of halogens is 1. The van der Waals surface area contributed by atoms with Crippen LogP contribution in [-0.2, 0) is 9.53 Å². The van der Waals surface area contributed by atoms with Crippen LogP contribution in [0.2, 0.25) is 0 Å². The number of rotatable bonds is 4. The van der Waals surface area contributed by atoms with Crippen LogP contribution in [0.4, 0.5) is 10.1 Å². The number of carbonyl (C=O) groups is 1. The minimum Gasteiger partial charge on any atom is -0.371 e. The predicted molar refractivity (Wildman–Crippen MR) is 100 cm³/mol.